The van der Waals surface area contributed by atoms with E-state index in [-0.39, 0.29) is 6.17 Å². The predicted molar refractivity (Wildman–Crippen MR) is 89.1 cm³/mol. The Morgan fingerprint density at radius 3 is 2.50 bits per heavy atom. The van der Waals surface area contributed by atoms with Crippen LogP contribution in [0.4, 0.5) is 0 Å². The molecule has 0 radical (unpaired) electrons. The van der Waals surface area contributed by atoms with Crippen molar-refractivity contribution in [1.29, 1.82) is 0 Å². The van der Waals surface area contributed by atoms with Gasteiger partial charge in [0.15, 0.2) is 0 Å². The third-order valence-corrected chi connectivity index (χ3v) is 4.39. The van der Waals surface area contributed by atoms with Crippen LogP contribution in [0.15, 0.2) is 35.7 Å². The van der Waals surface area contributed by atoms with E-state index in [0.717, 1.165) is 56.2 Å². The summed E-state index contributed by atoms with van der Waals surface area (Å²) in [5, 5.41) is 17.3. The maximum absolute atomic E-state index is 5.77. The molecular weight excluding hydrogens is 276 g/mol. The average Bonchev–Trinajstić information content (AvgIpc) is 2.54. The van der Waals surface area contributed by atoms with E-state index in [0.29, 0.717) is 6.04 Å². The minimum atomic E-state index is 0.264. The van der Waals surface area contributed by atoms with Gasteiger partial charge in [-0.3, -0.25) is 0 Å². The quantitative estimate of drug-likeness (QED) is 0.449. The lowest BCUT2D eigenvalue weighted by molar-refractivity contribution is 0.411. The van der Waals surface area contributed by atoms with Gasteiger partial charge in [-0.1, -0.05) is 6.92 Å². The maximum atomic E-state index is 5.77. The molecule has 0 aromatic heterocycles. The van der Waals surface area contributed by atoms with Gasteiger partial charge < -0.3 is 32.3 Å². The van der Waals surface area contributed by atoms with Gasteiger partial charge in [0.05, 0.1) is 17.8 Å². The van der Waals surface area contributed by atoms with E-state index in [4.69, 9.17) is 5.73 Å². The van der Waals surface area contributed by atoms with Crippen molar-refractivity contribution >= 4 is 0 Å². The van der Waals surface area contributed by atoms with E-state index in [1.54, 1.807) is 0 Å². The lowest BCUT2D eigenvalue weighted by Crippen LogP contribution is -2.50. The molecule has 0 aromatic rings. The summed E-state index contributed by atoms with van der Waals surface area (Å²) in [4.78, 5) is 0. The number of hydrogen-bond acceptors (Lipinski definition) is 6. The van der Waals surface area contributed by atoms with E-state index < -0.39 is 0 Å². The third-order valence-electron chi connectivity index (χ3n) is 4.39. The highest BCUT2D eigenvalue weighted by molar-refractivity contribution is 5.11. The Bertz CT molecular complexity index is 481. The van der Waals surface area contributed by atoms with E-state index in [9.17, 15) is 0 Å². The molecular formula is C16H28N6. The zero-order chi connectivity index (χ0) is 15.4. The molecule has 3 aliphatic rings. The van der Waals surface area contributed by atoms with Crippen LogP contribution in [0, 0.1) is 5.92 Å². The summed E-state index contributed by atoms with van der Waals surface area (Å²) < 4.78 is 0. The number of allylic oxidation sites excluding steroid dienone is 2. The fraction of sp³-hybridized carbons (Fsp3) is 0.625. The molecule has 6 nitrogen and oxygen atoms in total. The number of hydrogen-bond donors (Lipinski definition) is 6. The van der Waals surface area contributed by atoms with Crippen LogP contribution in [0.25, 0.3) is 0 Å². The smallest absolute Gasteiger partial charge is 0.0975 e. The monoisotopic (exact) mass is 304 g/mol. The highest BCUT2D eigenvalue weighted by Gasteiger charge is 2.18. The maximum Gasteiger partial charge on any atom is 0.0975 e. The minimum Gasteiger partial charge on any atom is -0.401 e. The van der Waals surface area contributed by atoms with Crippen molar-refractivity contribution in [2.24, 2.45) is 11.7 Å². The molecule has 122 valence electrons. The second-order valence-corrected chi connectivity index (χ2v) is 6.54. The Kier molecular flexibility index (Phi) is 4.65. The number of nitrogens with two attached hydrogens (primary N) is 1. The van der Waals surface area contributed by atoms with Crippen LogP contribution in [0.5, 0.6) is 0 Å². The molecule has 0 saturated heterocycles. The zero-order valence-electron chi connectivity index (χ0n) is 13.3. The summed E-state index contributed by atoms with van der Waals surface area (Å²) in [5.41, 5.74) is 6.69. The van der Waals surface area contributed by atoms with Gasteiger partial charge in [0.25, 0.3) is 0 Å². The van der Waals surface area contributed by atoms with E-state index in [1.807, 2.05) is 6.20 Å². The Balaban J connectivity index is 1.44. The SMILES string of the molecule is CC1CC=C(NC2CC=C(NC3CCC(N)=CN3)NC2)NC1. The third kappa shape index (κ3) is 4.02. The van der Waals surface area contributed by atoms with Gasteiger partial charge in [-0.15, -0.1) is 0 Å². The molecule has 3 heterocycles. The largest absolute Gasteiger partial charge is 0.401 e. The summed E-state index contributed by atoms with van der Waals surface area (Å²) in [7, 11) is 0. The van der Waals surface area contributed by atoms with Gasteiger partial charge in [-0.25, -0.2) is 0 Å². The lowest BCUT2D eigenvalue weighted by atomic mass is 10.0. The first-order chi connectivity index (χ1) is 10.7. The van der Waals surface area contributed by atoms with Crippen LogP contribution in [-0.2, 0) is 0 Å². The van der Waals surface area contributed by atoms with Crippen LogP contribution < -0.4 is 32.3 Å². The summed E-state index contributed by atoms with van der Waals surface area (Å²) in [5.74, 6) is 3.03. The second-order valence-electron chi connectivity index (χ2n) is 6.54. The first-order valence-corrected chi connectivity index (χ1v) is 8.31. The molecule has 0 fully saturated rings. The first-order valence-electron chi connectivity index (χ1n) is 8.31. The molecule has 3 aliphatic heterocycles. The summed E-state index contributed by atoms with van der Waals surface area (Å²) in [6.07, 6.45) is 10.8. The van der Waals surface area contributed by atoms with Gasteiger partial charge in [0.1, 0.15) is 0 Å². The fourth-order valence-electron chi connectivity index (χ4n) is 2.93. The fourth-order valence-corrected chi connectivity index (χ4v) is 2.93. The van der Waals surface area contributed by atoms with E-state index in [1.165, 1.54) is 5.82 Å². The van der Waals surface area contributed by atoms with Crippen molar-refractivity contribution in [3.05, 3.63) is 35.7 Å². The molecule has 0 spiro atoms. The van der Waals surface area contributed by atoms with Crippen molar-refractivity contribution < 1.29 is 0 Å². The molecule has 0 bridgehead atoms. The first kappa shape index (κ1) is 14.9. The Morgan fingerprint density at radius 2 is 1.86 bits per heavy atom. The molecule has 22 heavy (non-hydrogen) atoms. The van der Waals surface area contributed by atoms with Gasteiger partial charge in [0, 0.05) is 31.0 Å². The predicted octanol–water partition coefficient (Wildman–Crippen LogP) is 0.349. The molecule has 7 N–H and O–H groups in total. The molecule has 0 saturated carbocycles. The van der Waals surface area contributed by atoms with Crippen LogP contribution in [0.1, 0.15) is 32.6 Å². The minimum absolute atomic E-state index is 0.264. The molecule has 3 atom stereocenters. The zero-order valence-corrected chi connectivity index (χ0v) is 13.3. The Hall–Kier alpha value is -1.98. The number of nitrogens with one attached hydrogen (secondary N) is 5. The van der Waals surface area contributed by atoms with Gasteiger partial charge >= 0.3 is 0 Å². The topological polar surface area (TPSA) is 86.2 Å². The van der Waals surface area contributed by atoms with Crippen LogP contribution in [-0.4, -0.2) is 25.3 Å². The molecule has 6 heteroatoms. The van der Waals surface area contributed by atoms with Gasteiger partial charge in [0.2, 0.25) is 0 Å². The summed E-state index contributed by atoms with van der Waals surface area (Å²) in [6.45, 7) is 4.26. The highest BCUT2D eigenvalue weighted by Crippen LogP contribution is 2.12. The molecule has 3 unspecified atom stereocenters. The summed E-state index contributed by atoms with van der Waals surface area (Å²) in [6, 6.07) is 0.438. The van der Waals surface area contributed by atoms with Crippen molar-refractivity contribution in [2.75, 3.05) is 13.1 Å². The van der Waals surface area contributed by atoms with Crippen molar-refractivity contribution in [2.45, 2.75) is 44.8 Å². The van der Waals surface area contributed by atoms with Gasteiger partial charge in [-0.05, 0) is 43.8 Å². The number of rotatable bonds is 4. The lowest BCUT2D eigenvalue weighted by Gasteiger charge is -2.32. The Morgan fingerprint density at radius 1 is 1.09 bits per heavy atom. The average molecular weight is 304 g/mol. The van der Waals surface area contributed by atoms with Crippen LogP contribution in [0.2, 0.25) is 0 Å². The summed E-state index contributed by atoms with van der Waals surface area (Å²) >= 11 is 0. The standard InChI is InChI=1S/C16H28N6/c1-11-2-5-14(18-8-11)21-13-4-7-16(20-10-13)22-15-6-3-12(17)9-19-15/h5,7,9,11,13,15,18-22H,2-4,6,8,10,17H2,1H3. The Labute approximate surface area is 132 Å². The molecule has 0 aliphatic carbocycles. The normalized spacial score (nSPS) is 31.5. The van der Waals surface area contributed by atoms with Crippen LogP contribution >= 0.6 is 0 Å². The van der Waals surface area contributed by atoms with Gasteiger partial charge in [-0.2, -0.15) is 0 Å². The highest BCUT2D eigenvalue weighted by atomic mass is 15.2. The molecule has 3 rings (SSSR count). The second kappa shape index (κ2) is 6.85. The van der Waals surface area contributed by atoms with Crippen molar-refractivity contribution in [3.8, 4) is 0 Å². The molecule has 0 aromatic carbocycles. The van der Waals surface area contributed by atoms with E-state index in [2.05, 4.69) is 45.7 Å². The van der Waals surface area contributed by atoms with Crippen LogP contribution in [0.3, 0.4) is 0 Å². The van der Waals surface area contributed by atoms with Crippen molar-refractivity contribution in [1.82, 2.24) is 26.6 Å². The van der Waals surface area contributed by atoms with Crippen molar-refractivity contribution in [3.63, 3.8) is 0 Å². The molecule has 0 amide bonds. The van der Waals surface area contributed by atoms with E-state index >= 15 is 0 Å².